The number of aliphatic hydroxyl groups excluding tert-OH is 1. The summed E-state index contributed by atoms with van der Waals surface area (Å²) < 4.78 is 9.80. The second-order valence-corrected chi connectivity index (χ2v) is 1.80. The molecule has 3 heteroatoms. The van der Waals surface area contributed by atoms with Crippen molar-refractivity contribution in [3.8, 4) is 0 Å². The molecule has 1 rings (SSSR count). The summed E-state index contributed by atoms with van der Waals surface area (Å²) in [5.41, 5.74) is 0. The Morgan fingerprint density at radius 1 is 1.78 bits per heavy atom. The molecular formula is C6H10O3. The standard InChI is InChI=1S/C6H10O3/c7-5-8-4-6-2-1-3-9-6/h1-2,6-7H,3-5H2. The van der Waals surface area contributed by atoms with Gasteiger partial charge in [0.15, 0.2) is 0 Å². The first kappa shape index (κ1) is 6.74. The van der Waals surface area contributed by atoms with Gasteiger partial charge in [0.25, 0.3) is 0 Å². The van der Waals surface area contributed by atoms with Gasteiger partial charge < -0.3 is 14.6 Å². The van der Waals surface area contributed by atoms with Gasteiger partial charge in [0.05, 0.1) is 19.3 Å². The lowest BCUT2D eigenvalue weighted by atomic mass is 10.4. The summed E-state index contributed by atoms with van der Waals surface area (Å²) in [4.78, 5) is 0. The summed E-state index contributed by atoms with van der Waals surface area (Å²) in [5, 5.41) is 8.22. The van der Waals surface area contributed by atoms with E-state index in [1.165, 1.54) is 0 Å². The van der Waals surface area contributed by atoms with E-state index in [0.29, 0.717) is 13.2 Å². The van der Waals surface area contributed by atoms with Gasteiger partial charge in [0.2, 0.25) is 0 Å². The van der Waals surface area contributed by atoms with Crippen molar-refractivity contribution in [3.05, 3.63) is 12.2 Å². The predicted molar refractivity (Wildman–Crippen MR) is 31.9 cm³/mol. The van der Waals surface area contributed by atoms with Gasteiger partial charge in [-0.3, -0.25) is 0 Å². The van der Waals surface area contributed by atoms with Crippen molar-refractivity contribution in [2.75, 3.05) is 20.0 Å². The molecule has 1 aliphatic heterocycles. The molecule has 0 radical (unpaired) electrons. The molecular weight excluding hydrogens is 120 g/mol. The van der Waals surface area contributed by atoms with Gasteiger partial charge >= 0.3 is 0 Å². The highest BCUT2D eigenvalue weighted by Gasteiger charge is 2.07. The highest BCUT2D eigenvalue weighted by molar-refractivity contribution is 4.95. The molecule has 1 atom stereocenters. The van der Waals surface area contributed by atoms with Crippen LogP contribution in [0, 0.1) is 0 Å². The van der Waals surface area contributed by atoms with Crippen LogP contribution in [0.15, 0.2) is 12.2 Å². The van der Waals surface area contributed by atoms with Crippen LogP contribution in [0.2, 0.25) is 0 Å². The highest BCUT2D eigenvalue weighted by Crippen LogP contribution is 2.02. The summed E-state index contributed by atoms with van der Waals surface area (Å²) in [5.74, 6) is 0. The van der Waals surface area contributed by atoms with E-state index < -0.39 is 0 Å². The second-order valence-electron chi connectivity index (χ2n) is 1.80. The maximum Gasteiger partial charge on any atom is 0.143 e. The first-order chi connectivity index (χ1) is 4.43. The molecule has 0 saturated carbocycles. The van der Waals surface area contributed by atoms with Gasteiger partial charge in [-0.15, -0.1) is 0 Å². The minimum atomic E-state index is -0.228. The van der Waals surface area contributed by atoms with E-state index in [9.17, 15) is 0 Å². The Kier molecular flexibility index (Phi) is 2.70. The van der Waals surface area contributed by atoms with E-state index in [4.69, 9.17) is 14.6 Å². The summed E-state index contributed by atoms with van der Waals surface area (Å²) >= 11 is 0. The SMILES string of the molecule is OCOCC1C=CCO1. The average Bonchev–Trinajstić information content (AvgIpc) is 2.34. The summed E-state index contributed by atoms with van der Waals surface area (Å²) in [6.45, 7) is 0.889. The lowest BCUT2D eigenvalue weighted by molar-refractivity contribution is -0.0408. The Morgan fingerprint density at radius 3 is 3.22 bits per heavy atom. The largest absolute Gasteiger partial charge is 0.371 e. The third-order valence-electron chi connectivity index (χ3n) is 1.13. The quantitative estimate of drug-likeness (QED) is 0.428. The molecule has 1 N–H and O–H groups in total. The van der Waals surface area contributed by atoms with Crippen LogP contribution < -0.4 is 0 Å². The smallest absolute Gasteiger partial charge is 0.143 e. The lowest BCUT2D eigenvalue weighted by Crippen LogP contribution is -2.13. The minimum Gasteiger partial charge on any atom is -0.371 e. The molecule has 1 heterocycles. The molecule has 0 spiro atoms. The fraction of sp³-hybridized carbons (Fsp3) is 0.667. The Hall–Kier alpha value is -0.380. The Labute approximate surface area is 53.9 Å². The molecule has 0 aromatic heterocycles. The molecule has 3 nitrogen and oxygen atoms in total. The molecule has 52 valence electrons. The molecule has 1 unspecified atom stereocenters. The van der Waals surface area contributed by atoms with Gasteiger partial charge in [-0.2, -0.15) is 0 Å². The fourth-order valence-corrected chi connectivity index (χ4v) is 0.715. The third kappa shape index (κ3) is 2.13. The highest BCUT2D eigenvalue weighted by atomic mass is 16.6. The van der Waals surface area contributed by atoms with E-state index in [2.05, 4.69) is 0 Å². The molecule has 0 aromatic carbocycles. The van der Waals surface area contributed by atoms with Gasteiger partial charge in [0, 0.05) is 0 Å². The fourth-order valence-electron chi connectivity index (χ4n) is 0.715. The molecule has 1 aliphatic rings. The minimum absolute atomic E-state index is 0.0529. The van der Waals surface area contributed by atoms with Crippen LogP contribution in [0.25, 0.3) is 0 Å². The van der Waals surface area contributed by atoms with Gasteiger partial charge in [-0.25, -0.2) is 0 Å². The van der Waals surface area contributed by atoms with Crippen molar-refractivity contribution < 1.29 is 14.6 Å². The van der Waals surface area contributed by atoms with Crippen LogP contribution in [-0.2, 0) is 9.47 Å². The van der Waals surface area contributed by atoms with Crippen LogP contribution in [0.1, 0.15) is 0 Å². The zero-order chi connectivity index (χ0) is 6.53. The van der Waals surface area contributed by atoms with Crippen molar-refractivity contribution in [1.29, 1.82) is 0 Å². The Morgan fingerprint density at radius 2 is 2.67 bits per heavy atom. The van der Waals surface area contributed by atoms with Gasteiger partial charge in [-0.05, 0) is 0 Å². The molecule has 0 aromatic rings. The lowest BCUT2D eigenvalue weighted by Gasteiger charge is -2.05. The summed E-state index contributed by atoms with van der Waals surface area (Å²) in [6.07, 6.45) is 3.92. The predicted octanol–water partition coefficient (Wildman–Crippen LogP) is -0.0922. The number of hydrogen-bond acceptors (Lipinski definition) is 3. The second kappa shape index (κ2) is 3.61. The molecule has 0 aliphatic carbocycles. The monoisotopic (exact) mass is 130 g/mol. The first-order valence-corrected chi connectivity index (χ1v) is 2.90. The van der Waals surface area contributed by atoms with Crippen molar-refractivity contribution >= 4 is 0 Å². The number of ether oxygens (including phenoxy) is 2. The normalized spacial score (nSPS) is 25.2. The number of hydrogen-bond donors (Lipinski definition) is 1. The van der Waals surface area contributed by atoms with Crippen LogP contribution in [0.3, 0.4) is 0 Å². The molecule has 0 amide bonds. The Balaban J connectivity index is 2.05. The van der Waals surface area contributed by atoms with E-state index in [-0.39, 0.29) is 12.9 Å². The van der Waals surface area contributed by atoms with Crippen LogP contribution in [0.4, 0.5) is 0 Å². The maximum atomic E-state index is 8.22. The summed E-state index contributed by atoms with van der Waals surface area (Å²) in [6, 6.07) is 0. The van der Waals surface area contributed by atoms with Gasteiger partial charge in [-0.1, -0.05) is 12.2 Å². The van der Waals surface area contributed by atoms with Crippen molar-refractivity contribution in [2.45, 2.75) is 6.10 Å². The van der Waals surface area contributed by atoms with E-state index in [1.54, 1.807) is 0 Å². The van der Waals surface area contributed by atoms with Crippen LogP contribution >= 0.6 is 0 Å². The zero-order valence-corrected chi connectivity index (χ0v) is 5.12. The zero-order valence-electron chi connectivity index (χ0n) is 5.12. The number of aliphatic hydroxyl groups is 1. The molecule has 0 saturated heterocycles. The molecule has 0 bridgehead atoms. The third-order valence-corrected chi connectivity index (χ3v) is 1.13. The van der Waals surface area contributed by atoms with Crippen molar-refractivity contribution in [3.63, 3.8) is 0 Å². The Bertz CT molecular complexity index is 100. The average molecular weight is 130 g/mol. The van der Waals surface area contributed by atoms with Crippen LogP contribution in [0.5, 0.6) is 0 Å². The van der Waals surface area contributed by atoms with E-state index in [1.807, 2.05) is 12.2 Å². The maximum absolute atomic E-state index is 8.22. The van der Waals surface area contributed by atoms with Crippen molar-refractivity contribution in [1.82, 2.24) is 0 Å². The van der Waals surface area contributed by atoms with Crippen LogP contribution in [-0.4, -0.2) is 31.2 Å². The topological polar surface area (TPSA) is 38.7 Å². The number of rotatable bonds is 3. The first-order valence-electron chi connectivity index (χ1n) is 2.90. The summed E-state index contributed by atoms with van der Waals surface area (Å²) in [7, 11) is 0. The molecule has 9 heavy (non-hydrogen) atoms. The van der Waals surface area contributed by atoms with Gasteiger partial charge in [0.1, 0.15) is 6.79 Å². The van der Waals surface area contributed by atoms with E-state index in [0.717, 1.165) is 0 Å². The van der Waals surface area contributed by atoms with E-state index >= 15 is 0 Å². The molecule has 0 fully saturated rings. The van der Waals surface area contributed by atoms with Crippen molar-refractivity contribution in [2.24, 2.45) is 0 Å².